The van der Waals surface area contributed by atoms with E-state index in [1.807, 2.05) is 0 Å². The Labute approximate surface area is 91.9 Å². The van der Waals surface area contributed by atoms with Crippen molar-refractivity contribution in [1.82, 2.24) is 15.0 Å². The number of amides is 1. The molecule has 82 valence electrons. The Bertz CT molecular complexity index is 502. The predicted octanol–water partition coefficient (Wildman–Crippen LogP) is -0.175. The Morgan fingerprint density at radius 1 is 1.31 bits per heavy atom. The van der Waals surface area contributed by atoms with E-state index in [1.165, 1.54) is 0 Å². The summed E-state index contributed by atoms with van der Waals surface area (Å²) in [4.78, 5) is 10.9. The zero-order chi connectivity index (χ0) is 11.5. The second kappa shape index (κ2) is 4.11. The fourth-order valence-corrected chi connectivity index (χ4v) is 1.30. The smallest absolute Gasteiger partial charge is 0.248 e. The minimum atomic E-state index is -0.451. The van der Waals surface area contributed by atoms with E-state index >= 15 is 0 Å². The van der Waals surface area contributed by atoms with Crippen LogP contribution in [0.4, 0.5) is 0 Å². The summed E-state index contributed by atoms with van der Waals surface area (Å²) in [5.41, 5.74) is 12.5. The van der Waals surface area contributed by atoms with Crippen LogP contribution in [0.15, 0.2) is 30.5 Å². The van der Waals surface area contributed by atoms with Gasteiger partial charge < -0.3 is 11.5 Å². The van der Waals surface area contributed by atoms with Crippen LogP contribution in [0.2, 0.25) is 0 Å². The van der Waals surface area contributed by atoms with E-state index in [9.17, 15) is 4.79 Å². The molecule has 1 aromatic carbocycles. The lowest BCUT2D eigenvalue weighted by atomic mass is 10.2. The van der Waals surface area contributed by atoms with Crippen LogP contribution in [-0.2, 0) is 6.54 Å². The number of carbonyl (C=O) groups is 1. The van der Waals surface area contributed by atoms with Crippen LogP contribution < -0.4 is 11.5 Å². The molecule has 1 amide bonds. The number of hydrogen-bond acceptors (Lipinski definition) is 4. The van der Waals surface area contributed by atoms with Crippen LogP contribution in [0.5, 0.6) is 0 Å². The normalized spacial score (nSPS) is 10.3. The molecule has 0 aliphatic heterocycles. The minimum absolute atomic E-state index is 0.347. The number of nitrogens with two attached hydrogens (primary N) is 2. The van der Waals surface area contributed by atoms with Gasteiger partial charge in [-0.15, -0.1) is 5.10 Å². The molecule has 6 nitrogen and oxygen atoms in total. The van der Waals surface area contributed by atoms with Gasteiger partial charge in [0.25, 0.3) is 0 Å². The average molecular weight is 217 g/mol. The third-order valence-electron chi connectivity index (χ3n) is 2.17. The van der Waals surface area contributed by atoms with Crippen LogP contribution in [0.25, 0.3) is 5.69 Å². The van der Waals surface area contributed by atoms with Crippen LogP contribution in [-0.4, -0.2) is 20.9 Å². The maximum atomic E-state index is 10.9. The van der Waals surface area contributed by atoms with Crippen LogP contribution in [0.1, 0.15) is 16.1 Å². The van der Waals surface area contributed by atoms with Gasteiger partial charge in [-0.05, 0) is 24.3 Å². The molecule has 0 aliphatic carbocycles. The predicted molar refractivity (Wildman–Crippen MR) is 57.8 cm³/mol. The molecule has 0 radical (unpaired) electrons. The van der Waals surface area contributed by atoms with Crippen molar-refractivity contribution in [2.24, 2.45) is 11.5 Å². The van der Waals surface area contributed by atoms with Crippen molar-refractivity contribution < 1.29 is 4.79 Å². The molecule has 4 N–H and O–H groups in total. The van der Waals surface area contributed by atoms with Gasteiger partial charge in [0.15, 0.2) is 0 Å². The third-order valence-corrected chi connectivity index (χ3v) is 2.17. The van der Waals surface area contributed by atoms with Gasteiger partial charge in [0.05, 0.1) is 17.6 Å². The van der Waals surface area contributed by atoms with Gasteiger partial charge in [0.2, 0.25) is 5.91 Å². The van der Waals surface area contributed by atoms with E-state index in [-0.39, 0.29) is 0 Å². The van der Waals surface area contributed by atoms with Crippen LogP contribution >= 0.6 is 0 Å². The third kappa shape index (κ3) is 1.91. The molecule has 0 fully saturated rings. The average Bonchev–Trinajstić information content (AvgIpc) is 2.77. The second-order valence-electron chi connectivity index (χ2n) is 3.27. The number of primary amides is 1. The highest BCUT2D eigenvalue weighted by molar-refractivity contribution is 5.92. The van der Waals surface area contributed by atoms with Crippen molar-refractivity contribution >= 4 is 5.91 Å². The summed E-state index contributed by atoms with van der Waals surface area (Å²) in [6, 6.07) is 6.77. The van der Waals surface area contributed by atoms with Gasteiger partial charge in [-0.25, -0.2) is 4.68 Å². The van der Waals surface area contributed by atoms with E-state index in [2.05, 4.69) is 10.3 Å². The Balaban J connectivity index is 2.30. The lowest BCUT2D eigenvalue weighted by Crippen LogP contribution is -2.10. The summed E-state index contributed by atoms with van der Waals surface area (Å²) in [7, 11) is 0. The summed E-state index contributed by atoms with van der Waals surface area (Å²) in [5.74, 6) is -0.451. The number of rotatable bonds is 3. The largest absolute Gasteiger partial charge is 0.366 e. The molecule has 2 aromatic rings. The lowest BCUT2D eigenvalue weighted by molar-refractivity contribution is 0.100. The van der Waals surface area contributed by atoms with Crippen molar-refractivity contribution in [3.63, 3.8) is 0 Å². The molecule has 1 heterocycles. The summed E-state index contributed by atoms with van der Waals surface area (Å²) in [5, 5.41) is 7.77. The van der Waals surface area contributed by atoms with Crippen molar-refractivity contribution in [2.45, 2.75) is 6.54 Å². The first-order valence-corrected chi connectivity index (χ1v) is 4.72. The maximum absolute atomic E-state index is 10.9. The van der Waals surface area contributed by atoms with Gasteiger partial charge in [-0.1, -0.05) is 5.21 Å². The van der Waals surface area contributed by atoms with Crippen molar-refractivity contribution in [2.75, 3.05) is 0 Å². The fraction of sp³-hybridized carbons (Fsp3) is 0.100. The van der Waals surface area contributed by atoms with Crippen molar-refractivity contribution in [3.05, 3.63) is 41.7 Å². The summed E-state index contributed by atoms with van der Waals surface area (Å²) in [6.45, 7) is 0.347. The fourth-order valence-electron chi connectivity index (χ4n) is 1.30. The Kier molecular flexibility index (Phi) is 2.65. The number of hydrogen-bond donors (Lipinski definition) is 2. The maximum Gasteiger partial charge on any atom is 0.248 e. The van der Waals surface area contributed by atoms with Crippen molar-refractivity contribution in [3.8, 4) is 5.69 Å². The molecule has 6 heteroatoms. The Morgan fingerprint density at radius 2 is 2.00 bits per heavy atom. The zero-order valence-electron chi connectivity index (χ0n) is 8.50. The lowest BCUT2D eigenvalue weighted by Gasteiger charge is -2.00. The number of nitrogens with zero attached hydrogens (tertiary/aromatic N) is 3. The van der Waals surface area contributed by atoms with Gasteiger partial charge in [-0.3, -0.25) is 4.79 Å². The molecule has 0 saturated heterocycles. The van der Waals surface area contributed by atoms with E-state index < -0.39 is 5.91 Å². The van der Waals surface area contributed by atoms with Gasteiger partial charge in [0, 0.05) is 12.1 Å². The first kappa shape index (κ1) is 10.3. The molecular weight excluding hydrogens is 206 g/mol. The van der Waals surface area contributed by atoms with Gasteiger partial charge >= 0.3 is 0 Å². The van der Waals surface area contributed by atoms with Gasteiger partial charge in [-0.2, -0.15) is 0 Å². The van der Waals surface area contributed by atoms with E-state index in [0.717, 1.165) is 5.69 Å². The Morgan fingerprint density at radius 3 is 2.50 bits per heavy atom. The zero-order valence-corrected chi connectivity index (χ0v) is 8.50. The number of aromatic nitrogens is 3. The Hall–Kier alpha value is -2.21. The SMILES string of the molecule is NCc1cn(-c2ccc(C(N)=O)cc2)nn1. The standard InChI is InChI=1S/C10H11N5O/c11-5-8-6-15(14-13-8)9-3-1-7(2-4-9)10(12)16/h1-4,6H,5,11H2,(H2,12,16). The van der Waals surface area contributed by atoms with E-state index in [4.69, 9.17) is 11.5 Å². The molecule has 0 unspecified atom stereocenters. The second-order valence-corrected chi connectivity index (χ2v) is 3.27. The number of carbonyl (C=O) groups excluding carboxylic acids is 1. The molecule has 1 aromatic heterocycles. The van der Waals surface area contributed by atoms with Crippen LogP contribution in [0.3, 0.4) is 0 Å². The minimum Gasteiger partial charge on any atom is -0.366 e. The number of benzene rings is 1. The first-order chi connectivity index (χ1) is 7.70. The molecule has 0 bridgehead atoms. The molecular formula is C10H11N5O. The molecule has 0 atom stereocenters. The molecule has 0 saturated carbocycles. The monoisotopic (exact) mass is 217 g/mol. The first-order valence-electron chi connectivity index (χ1n) is 4.72. The summed E-state index contributed by atoms with van der Waals surface area (Å²) in [6.07, 6.45) is 1.74. The summed E-state index contributed by atoms with van der Waals surface area (Å²) < 4.78 is 1.59. The van der Waals surface area contributed by atoms with E-state index in [1.54, 1.807) is 35.1 Å². The van der Waals surface area contributed by atoms with Gasteiger partial charge in [0.1, 0.15) is 0 Å². The van der Waals surface area contributed by atoms with Crippen LogP contribution in [0, 0.1) is 0 Å². The summed E-state index contributed by atoms with van der Waals surface area (Å²) >= 11 is 0. The molecule has 0 aliphatic rings. The highest BCUT2D eigenvalue weighted by Gasteiger charge is 2.03. The topological polar surface area (TPSA) is 99.8 Å². The van der Waals surface area contributed by atoms with Crippen molar-refractivity contribution in [1.29, 1.82) is 0 Å². The highest BCUT2D eigenvalue weighted by atomic mass is 16.1. The molecule has 0 spiro atoms. The highest BCUT2D eigenvalue weighted by Crippen LogP contribution is 2.08. The molecule has 2 rings (SSSR count). The quantitative estimate of drug-likeness (QED) is 0.745. The van der Waals surface area contributed by atoms with E-state index in [0.29, 0.717) is 17.8 Å². The molecule has 16 heavy (non-hydrogen) atoms.